The van der Waals surface area contributed by atoms with Crippen molar-refractivity contribution in [2.24, 2.45) is 0 Å². The molecular formula is C14H15N5OS. The van der Waals surface area contributed by atoms with E-state index in [-0.39, 0.29) is 5.56 Å². The first-order valence-corrected chi connectivity index (χ1v) is 7.56. The average molecular weight is 301 g/mol. The summed E-state index contributed by atoms with van der Waals surface area (Å²) in [6.45, 7) is 5.03. The number of aromatic nitrogens is 4. The van der Waals surface area contributed by atoms with Crippen molar-refractivity contribution < 1.29 is 0 Å². The molecule has 0 aliphatic heterocycles. The van der Waals surface area contributed by atoms with Crippen molar-refractivity contribution >= 4 is 27.4 Å². The van der Waals surface area contributed by atoms with Gasteiger partial charge in [0.05, 0.1) is 18.3 Å². The standard InChI is InChI=1S/C14H15N5OS/c1-3-15-11-6-9(2)17-12(18-11)7-19-8-16-13-10(14(19)20)4-5-21-13/h4-6,8H,3,7H2,1-2H3,(H,15,17,18). The lowest BCUT2D eigenvalue weighted by atomic mass is 10.4. The summed E-state index contributed by atoms with van der Waals surface area (Å²) >= 11 is 1.46. The van der Waals surface area contributed by atoms with Gasteiger partial charge >= 0.3 is 0 Å². The highest BCUT2D eigenvalue weighted by molar-refractivity contribution is 7.16. The summed E-state index contributed by atoms with van der Waals surface area (Å²) in [6.07, 6.45) is 1.56. The molecule has 0 saturated carbocycles. The number of nitrogens with one attached hydrogen (secondary N) is 1. The zero-order chi connectivity index (χ0) is 14.8. The van der Waals surface area contributed by atoms with E-state index in [1.807, 2.05) is 25.3 Å². The van der Waals surface area contributed by atoms with Crippen LogP contribution in [-0.4, -0.2) is 26.1 Å². The van der Waals surface area contributed by atoms with Gasteiger partial charge in [-0.3, -0.25) is 9.36 Å². The molecule has 0 spiro atoms. The Kier molecular flexibility index (Phi) is 3.66. The number of nitrogens with zero attached hydrogens (tertiary/aromatic N) is 4. The highest BCUT2D eigenvalue weighted by Crippen LogP contribution is 2.13. The zero-order valence-corrected chi connectivity index (χ0v) is 12.6. The molecule has 0 aliphatic carbocycles. The molecular weight excluding hydrogens is 286 g/mol. The van der Waals surface area contributed by atoms with Gasteiger partial charge in [0.2, 0.25) is 0 Å². The topological polar surface area (TPSA) is 72.7 Å². The quantitative estimate of drug-likeness (QED) is 0.798. The van der Waals surface area contributed by atoms with Gasteiger partial charge in [-0.15, -0.1) is 11.3 Å². The molecule has 3 rings (SSSR count). The van der Waals surface area contributed by atoms with Crippen molar-refractivity contribution in [3.63, 3.8) is 0 Å². The van der Waals surface area contributed by atoms with Gasteiger partial charge in [-0.05, 0) is 25.3 Å². The van der Waals surface area contributed by atoms with Crippen molar-refractivity contribution in [1.29, 1.82) is 0 Å². The van der Waals surface area contributed by atoms with Crippen LogP contribution < -0.4 is 10.9 Å². The van der Waals surface area contributed by atoms with E-state index in [0.29, 0.717) is 17.8 Å². The van der Waals surface area contributed by atoms with E-state index >= 15 is 0 Å². The monoisotopic (exact) mass is 301 g/mol. The Morgan fingerprint density at radius 3 is 3.05 bits per heavy atom. The Morgan fingerprint density at radius 2 is 2.24 bits per heavy atom. The van der Waals surface area contributed by atoms with E-state index in [9.17, 15) is 4.79 Å². The van der Waals surface area contributed by atoms with Gasteiger partial charge in [-0.2, -0.15) is 0 Å². The summed E-state index contributed by atoms with van der Waals surface area (Å²) < 4.78 is 1.54. The second kappa shape index (κ2) is 5.61. The molecule has 3 aromatic rings. The number of hydrogen-bond acceptors (Lipinski definition) is 6. The average Bonchev–Trinajstić information content (AvgIpc) is 2.91. The van der Waals surface area contributed by atoms with Crippen LogP contribution in [0, 0.1) is 6.92 Å². The maximum atomic E-state index is 12.3. The lowest BCUT2D eigenvalue weighted by Gasteiger charge is -2.08. The molecule has 21 heavy (non-hydrogen) atoms. The predicted molar refractivity (Wildman–Crippen MR) is 83.9 cm³/mol. The van der Waals surface area contributed by atoms with Gasteiger partial charge in [0, 0.05) is 18.3 Å². The minimum atomic E-state index is -0.0589. The van der Waals surface area contributed by atoms with Crippen LogP contribution in [0.15, 0.2) is 28.6 Å². The summed E-state index contributed by atoms with van der Waals surface area (Å²) in [5.74, 6) is 1.38. The fourth-order valence-electron chi connectivity index (χ4n) is 2.13. The van der Waals surface area contributed by atoms with Gasteiger partial charge in [0.1, 0.15) is 10.6 Å². The van der Waals surface area contributed by atoms with Crippen LogP contribution >= 0.6 is 11.3 Å². The third kappa shape index (κ3) is 2.78. The molecule has 0 amide bonds. The molecule has 0 aliphatic rings. The largest absolute Gasteiger partial charge is 0.370 e. The number of thiophene rings is 1. The molecule has 0 aromatic carbocycles. The summed E-state index contributed by atoms with van der Waals surface area (Å²) in [6, 6.07) is 3.68. The number of aryl methyl sites for hydroxylation is 1. The van der Waals surface area contributed by atoms with Crippen LogP contribution in [0.25, 0.3) is 10.2 Å². The van der Waals surface area contributed by atoms with Gasteiger partial charge in [0.15, 0.2) is 5.82 Å². The van der Waals surface area contributed by atoms with Crippen molar-refractivity contribution in [2.75, 3.05) is 11.9 Å². The fourth-order valence-corrected chi connectivity index (χ4v) is 2.85. The van der Waals surface area contributed by atoms with E-state index in [1.165, 1.54) is 11.3 Å². The van der Waals surface area contributed by atoms with Crippen LogP contribution in [-0.2, 0) is 6.54 Å². The molecule has 0 bridgehead atoms. The lowest BCUT2D eigenvalue weighted by molar-refractivity contribution is 0.704. The number of anilines is 1. The summed E-state index contributed by atoms with van der Waals surface area (Å²) in [7, 11) is 0. The maximum Gasteiger partial charge on any atom is 0.262 e. The molecule has 108 valence electrons. The SMILES string of the molecule is CCNc1cc(C)nc(Cn2cnc3sccc3c2=O)n1. The van der Waals surface area contributed by atoms with E-state index in [2.05, 4.69) is 20.3 Å². The first-order chi connectivity index (χ1) is 10.2. The van der Waals surface area contributed by atoms with Crippen LogP contribution in [0.5, 0.6) is 0 Å². The van der Waals surface area contributed by atoms with Crippen molar-refractivity contribution in [3.8, 4) is 0 Å². The van der Waals surface area contributed by atoms with Crippen LogP contribution in [0.4, 0.5) is 5.82 Å². The normalized spacial score (nSPS) is 11.0. The van der Waals surface area contributed by atoms with Gasteiger partial charge in [-0.25, -0.2) is 15.0 Å². The van der Waals surface area contributed by atoms with E-state index < -0.39 is 0 Å². The highest BCUT2D eigenvalue weighted by atomic mass is 32.1. The van der Waals surface area contributed by atoms with Crippen molar-refractivity contribution in [1.82, 2.24) is 19.5 Å². The molecule has 0 fully saturated rings. The van der Waals surface area contributed by atoms with E-state index in [0.717, 1.165) is 22.9 Å². The van der Waals surface area contributed by atoms with Crippen LogP contribution in [0.2, 0.25) is 0 Å². The predicted octanol–water partition coefficient (Wildman–Crippen LogP) is 2.04. The summed E-state index contributed by atoms with van der Waals surface area (Å²) in [5.41, 5.74) is 0.810. The number of fused-ring (bicyclic) bond motifs is 1. The molecule has 3 heterocycles. The third-order valence-electron chi connectivity index (χ3n) is 3.02. The van der Waals surface area contributed by atoms with E-state index in [4.69, 9.17) is 0 Å². The smallest absolute Gasteiger partial charge is 0.262 e. The van der Waals surface area contributed by atoms with Gasteiger partial charge in [-0.1, -0.05) is 0 Å². The second-order valence-electron chi connectivity index (χ2n) is 4.66. The zero-order valence-electron chi connectivity index (χ0n) is 11.8. The van der Waals surface area contributed by atoms with Gasteiger partial charge < -0.3 is 5.32 Å². The molecule has 1 N–H and O–H groups in total. The molecule has 0 saturated heterocycles. The molecule has 7 heteroatoms. The first kappa shape index (κ1) is 13.7. The first-order valence-electron chi connectivity index (χ1n) is 6.68. The Balaban J connectivity index is 1.98. The van der Waals surface area contributed by atoms with E-state index in [1.54, 1.807) is 17.0 Å². The number of hydrogen-bond donors (Lipinski definition) is 1. The summed E-state index contributed by atoms with van der Waals surface area (Å²) in [4.78, 5) is 26.2. The highest BCUT2D eigenvalue weighted by Gasteiger charge is 2.08. The third-order valence-corrected chi connectivity index (χ3v) is 3.84. The Morgan fingerprint density at radius 1 is 1.38 bits per heavy atom. The molecule has 0 unspecified atom stereocenters. The molecule has 6 nitrogen and oxygen atoms in total. The number of rotatable bonds is 4. The van der Waals surface area contributed by atoms with Crippen LogP contribution in [0.1, 0.15) is 18.4 Å². The second-order valence-corrected chi connectivity index (χ2v) is 5.55. The Labute approximate surface area is 125 Å². The molecule has 0 radical (unpaired) electrons. The van der Waals surface area contributed by atoms with Crippen molar-refractivity contribution in [3.05, 3.63) is 45.7 Å². The minimum absolute atomic E-state index is 0.0589. The maximum absolute atomic E-state index is 12.3. The van der Waals surface area contributed by atoms with Crippen molar-refractivity contribution in [2.45, 2.75) is 20.4 Å². The Bertz CT molecular complexity index is 839. The minimum Gasteiger partial charge on any atom is -0.370 e. The van der Waals surface area contributed by atoms with Gasteiger partial charge in [0.25, 0.3) is 5.56 Å². The lowest BCUT2D eigenvalue weighted by Crippen LogP contribution is -2.22. The fraction of sp³-hybridized carbons (Fsp3) is 0.286. The molecule has 3 aromatic heterocycles. The molecule has 0 atom stereocenters. The Hall–Kier alpha value is -2.28. The summed E-state index contributed by atoms with van der Waals surface area (Å²) in [5, 5.41) is 5.67. The van der Waals surface area contributed by atoms with Crippen LogP contribution in [0.3, 0.4) is 0 Å².